The van der Waals surface area contributed by atoms with Crippen LogP contribution in [0.5, 0.6) is 0 Å². The van der Waals surface area contributed by atoms with Crippen LogP contribution in [0.4, 0.5) is 0 Å². The number of benzene rings is 1. The second-order valence-electron chi connectivity index (χ2n) is 6.17. The Kier molecular flexibility index (Phi) is 3.96. The SMILES string of the molecule is Cc1ccc(-c2ccc3nnc(CNC(=O)c4ccc[nH]4)n3n2)cc1C. The van der Waals surface area contributed by atoms with Gasteiger partial charge in [-0.3, -0.25) is 4.79 Å². The maximum Gasteiger partial charge on any atom is 0.268 e. The van der Waals surface area contributed by atoms with E-state index in [0.29, 0.717) is 17.2 Å². The van der Waals surface area contributed by atoms with Gasteiger partial charge in [-0.25, -0.2) is 0 Å². The summed E-state index contributed by atoms with van der Waals surface area (Å²) in [5.74, 6) is 0.377. The van der Waals surface area contributed by atoms with Crippen molar-refractivity contribution in [2.24, 2.45) is 0 Å². The van der Waals surface area contributed by atoms with E-state index in [9.17, 15) is 4.79 Å². The zero-order chi connectivity index (χ0) is 18.1. The molecule has 26 heavy (non-hydrogen) atoms. The number of amides is 1. The molecule has 0 saturated heterocycles. The molecule has 7 heteroatoms. The summed E-state index contributed by atoms with van der Waals surface area (Å²) in [6.45, 7) is 4.40. The standard InChI is InChI=1S/C19H18N6O/c1-12-5-6-14(10-13(12)2)15-7-8-17-22-23-18(25(17)24-15)11-21-19(26)16-4-3-9-20-16/h3-10,20H,11H2,1-2H3,(H,21,26). The van der Waals surface area contributed by atoms with E-state index >= 15 is 0 Å². The zero-order valence-electron chi connectivity index (χ0n) is 14.5. The molecule has 0 bridgehead atoms. The molecule has 4 aromatic rings. The fourth-order valence-electron chi connectivity index (χ4n) is 2.72. The molecule has 3 heterocycles. The maximum atomic E-state index is 12.1. The van der Waals surface area contributed by atoms with E-state index in [2.05, 4.69) is 51.6 Å². The summed E-state index contributed by atoms with van der Waals surface area (Å²) in [5, 5.41) is 15.7. The van der Waals surface area contributed by atoms with Gasteiger partial charge in [-0.2, -0.15) is 9.61 Å². The summed E-state index contributed by atoms with van der Waals surface area (Å²) < 4.78 is 1.67. The van der Waals surface area contributed by atoms with Gasteiger partial charge in [0.15, 0.2) is 11.5 Å². The minimum atomic E-state index is -0.197. The molecule has 1 amide bonds. The minimum absolute atomic E-state index is 0.197. The fourth-order valence-corrected chi connectivity index (χ4v) is 2.72. The van der Waals surface area contributed by atoms with Crippen molar-refractivity contribution < 1.29 is 4.79 Å². The molecule has 7 nitrogen and oxygen atoms in total. The first-order valence-corrected chi connectivity index (χ1v) is 8.32. The van der Waals surface area contributed by atoms with Gasteiger partial charge < -0.3 is 10.3 Å². The number of hydrogen-bond donors (Lipinski definition) is 2. The molecule has 0 saturated carbocycles. The predicted octanol–water partition coefficient (Wildman–Crippen LogP) is 2.67. The van der Waals surface area contributed by atoms with Crippen molar-refractivity contribution in [1.29, 1.82) is 0 Å². The third kappa shape index (κ3) is 2.95. The Balaban J connectivity index is 1.62. The lowest BCUT2D eigenvalue weighted by molar-refractivity contribution is 0.0945. The van der Waals surface area contributed by atoms with Crippen molar-refractivity contribution >= 4 is 11.6 Å². The molecular weight excluding hydrogens is 328 g/mol. The van der Waals surface area contributed by atoms with E-state index in [1.807, 2.05) is 18.2 Å². The Morgan fingerprint density at radius 1 is 1.12 bits per heavy atom. The second kappa shape index (κ2) is 6.44. The van der Waals surface area contributed by atoms with E-state index < -0.39 is 0 Å². The number of aryl methyl sites for hydroxylation is 2. The van der Waals surface area contributed by atoms with Crippen LogP contribution < -0.4 is 5.32 Å². The molecule has 0 unspecified atom stereocenters. The van der Waals surface area contributed by atoms with Crippen LogP contribution in [0.3, 0.4) is 0 Å². The van der Waals surface area contributed by atoms with Crippen LogP contribution >= 0.6 is 0 Å². The number of H-pyrrole nitrogens is 1. The largest absolute Gasteiger partial charge is 0.357 e. The van der Waals surface area contributed by atoms with E-state index in [0.717, 1.165) is 11.3 Å². The quantitative estimate of drug-likeness (QED) is 0.595. The monoisotopic (exact) mass is 346 g/mol. The molecule has 130 valence electrons. The van der Waals surface area contributed by atoms with Crippen LogP contribution in [-0.2, 0) is 6.54 Å². The summed E-state index contributed by atoms with van der Waals surface area (Å²) in [4.78, 5) is 14.9. The average molecular weight is 346 g/mol. The molecule has 1 aromatic carbocycles. The Morgan fingerprint density at radius 3 is 2.77 bits per heavy atom. The van der Waals surface area contributed by atoms with Crippen molar-refractivity contribution in [3.05, 3.63) is 71.3 Å². The van der Waals surface area contributed by atoms with Gasteiger partial charge in [0.1, 0.15) is 5.69 Å². The number of hydrogen-bond acceptors (Lipinski definition) is 4. The molecular formula is C19H18N6O. The third-order valence-electron chi connectivity index (χ3n) is 4.38. The first-order valence-electron chi connectivity index (χ1n) is 8.32. The molecule has 0 atom stereocenters. The summed E-state index contributed by atoms with van der Waals surface area (Å²) in [6.07, 6.45) is 1.71. The van der Waals surface area contributed by atoms with E-state index in [1.54, 1.807) is 22.8 Å². The molecule has 0 spiro atoms. The Hall–Kier alpha value is -3.48. The lowest BCUT2D eigenvalue weighted by atomic mass is 10.0. The molecule has 0 aliphatic rings. The molecule has 0 fully saturated rings. The average Bonchev–Trinajstić information content (AvgIpc) is 3.31. The van der Waals surface area contributed by atoms with Crippen LogP contribution in [-0.4, -0.2) is 30.7 Å². The number of aromatic nitrogens is 5. The zero-order valence-corrected chi connectivity index (χ0v) is 14.5. The fraction of sp³-hybridized carbons (Fsp3) is 0.158. The summed E-state index contributed by atoms with van der Waals surface area (Å²) in [5.41, 5.74) is 5.46. The Bertz CT molecular complexity index is 1080. The highest BCUT2D eigenvalue weighted by Crippen LogP contribution is 2.20. The molecule has 2 N–H and O–H groups in total. The Labute approximate surface area is 150 Å². The highest BCUT2D eigenvalue weighted by atomic mass is 16.1. The summed E-state index contributed by atoms with van der Waals surface area (Å²) in [7, 11) is 0. The van der Waals surface area contributed by atoms with Crippen molar-refractivity contribution in [3.8, 4) is 11.3 Å². The van der Waals surface area contributed by atoms with Crippen molar-refractivity contribution in [2.45, 2.75) is 20.4 Å². The van der Waals surface area contributed by atoms with Crippen LogP contribution in [0.15, 0.2) is 48.7 Å². The maximum absolute atomic E-state index is 12.1. The number of nitrogens with zero attached hydrogens (tertiary/aromatic N) is 4. The summed E-state index contributed by atoms with van der Waals surface area (Å²) >= 11 is 0. The van der Waals surface area contributed by atoms with Gasteiger partial charge in [-0.1, -0.05) is 12.1 Å². The molecule has 4 rings (SSSR count). The van der Waals surface area contributed by atoms with Gasteiger partial charge in [0.05, 0.1) is 12.2 Å². The normalized spacial score (nSPS) is 11.0. The van der Waals surface area contributed by atoms with E-state index in [1.165, 1.54) is 11.1 Å². The van der Waals surface area contributed by atoms with Gasteiger partial charge in [-0.15, -0.1) is 10.2 Å². The Morgan fingerprint density at radius 2 is 2.00 bits per heavy atom. The molecule has 0 radical (unpaired) electrons. The van der Waals surface area contributed by atoms with Gasteiger partial charge in [0, 0.05) is 11.8 Å². The number of aromatic amines is 1. The van der Waals surface area contributed by atoms with Crippen LogP contribution in [0, 0.1) is 13.8 Å². The highest BCUT2D eigenvalue weighted by molar-refractivity contribution is 5.92. The van der Waals surface area contributed by atoms with Crippen LogP contribution in [0.1, 0.15) is 27.4 Å². The predicted molar refractivity (Wildman–Crippen MR) is 97.7 cm³/mol. The number of rotatable bonds is 4. The second-order valence-corrected chi connectivity index (χ2v) is 6.17. The molecule has 0 aliphatic heterocycles. The first-order chi connectivity index (χ1) is 12.6. The van der Waals surface area contributed by atoms with Gasteiger partial charge in [0.25, 0.3) is 5.91 Å². The van der Waals surface area contributed by atoms with Crippen molar-refractivity contribution in [1.82, 2.24) is 30.1 Å². The van der Waals surface area contributed by atoms with Crippen molar-refractivity contribution in [2.75, 3.05) is 0 Å². The number of carbonyl (C=O) groups excluding carboxylic acids is 1. The smallest absolute Gasteiger partial charge is 0.268 e. The summed E-state index contributed by atoms with van der Waals surface area (Å²) in [6, 6.07) is 13.5. The van der Waals surface area contributed by atoms with Gasteiger partial charge in [0.2, 0.25) is 0 Å². The van der Waals surface area contributed by atoms with Crippen LogP contribution in [0.2, 0.25) is 0 Å². The van der Waals surface area contributed by atoms with Crippen LogP contribution in [0.25, 0.3) is 16.9 Å². The highest BCUT2D eigenvalue weighted by Gasteiger charge is 2.12. The molecule has 3 aromatic heterocycles. The van der Waals surface area contributed by atoms with E-state index in [-0.39, 0.29) is 12.5 Å². The first kappa shape index (κ1) is 16.0. The lowest BCUT2D eigenvalue weighted by Gasteiger charge is -2.06. The third-order valence-corrected chi connectivity index (χ3v) is 4.38. The molecule has 0 aliphatic carbocycles. The van der Waals surface area contributed by atoms with Gasteiger partial charge in [-0.05, 0) is 55.3 Å². The van der Waals surface area contributed by atoms with Crippen molar-refractivity contribution in [3.63, 3.8) is 0 Å². The van der Waals surface area contributed by atoms with E-state index in [4.69, 9.17) is 0 Å². The lowest BCUT2D eigenvalue weighted by Crippen LogP contribution is -2.24. The minimum Gasteiger partial charge on any atom is -0.357 e. The number of nitrogens with one attached hydrogen (secondary N) is 2. The topological polar surface area (TPSA) is 88.0 Å². The van der Waals surface area contributed by atoms with Gasteiger partial charge >= 0.3 is 0 Å². The number of carbonyl (C=O) groups is 1. The number of fused-ring (bicyclic) bond motifs is 1.